The quantitative estimate of drug-likeness (QED) is 0.635. The molecule has 16 heavy (non-hydrogen) atoms. The van der Waals surface area contributed by atoms with Crippen molar-refractivity contribution in [2.75, 3.05) is 39.3 Å². The van der Waals surface area contributed by atoms with Crippen molar-refractivity contribution in [3.8, 4) is 0 Å². The van der Waals surface area contributed by atoms with Gasteiger partial charge < -0.3 is 10.6 Å². The Morgan fingerprint density at radius 3 is 2.56 bits per heavy atom. The third-order valence-corrected chi connectivity index (χ3v) is 3.94. The standard InChI is InChI=1S/C13H27N3/c1-2-16(13-3-4-13)10-9-15-11-12-5-7-14-8-6-12/h12-15H,2-11H2,1H3. The molecular weight excluding hydrogens is 198 g/mol. The molecule has 2 rings (SSSR count). The van der Waals surface area contributed by atoms with Gasteiger partial charge in [0.2, 0.25) is 0 Å². The van der Waals surface area contributed by atoms with Crippen molar-refractivity contribution in [2.45, 2.75) is 38.6 Å². The van der Waals surface area contributed by atoms with E-state index in [1.54, 1.807) is 0 Å². The molecule has 0 amide bonds. The van der Waals surface area contributed by atoms with Gasteiger partial charge in [0.25, 0.3) is 0 Å². The SMILES string of the molecule is CCN(CCNCC1CCNCC1)C1CC1. The zero-order chi connectivity index (χ0) is 11.2. The van der Waals surface area contributed by atoms with Gasteiger partial charge in [-0.25, -0.2) is 0 Å². The van der Waals surface area contributed by atoms with Crippen LogP contribution in [-0.2, 0) is 0 Å². The molecular formula is C13H27N3. The Bertz CT molecular complexity index is 186. The van der Waals surface area contributed by atoms with Gasteiger partial charge in [0.1, 0.15) is 0 Å². The zero-order valence-corrected chi connectivity index (χ0v) is 10.7. The number of piperidine rings is 1. The van der Waals surface area contributed by atoms with Crippen LogP contribution in [0.1, 0.15) is 32.6 Å². The summed E-state index contributed by atoms with van der Waals surface area (Å²) in [6.07, 6.45) is 5.57. The second kappa shape index (κ2) is 6.58. The summed E-state index contributed by atoms with van der Waals surface area (Å²) in [4.78, 5) is 2.62. The summed E-state index contributed by atoms with van der Waals surface area (Å²) in [5.41, 5.74) is 0. The fourth-order valence-electron chi connectivity index (χ4n) is 2.65. The minimum atomic E-state index is 0.914. The van der Waals surface area contributed by atoms with Crippen LogP contribution in [0.25, 0.3) is 0 Å². The van der Waals surface area contributed by atoms with Gasteiger partial charge in [-0.2, -0.15) is 0 Å². The molecule has 1 heterocycles. The molecule has 3 heteroatoms. The van der Waals surface area contributed by atoms with Crippen molar-refractivity contribution in [1.82, 2.24) is 15.5 Å². The van der Waals surface area contributed by atoms with Crippen LogP contribution >= 0.6 is 0 Å². The van der Waals surface area contributed by atoms with E-state index < -0.39 is 0 Å². The summed E-state index contributed by atoms with van der Waals surface area (Å²) in [5.74, 6) is 0.914. The van der Waals surface area contributed by atoms with Crippen LogP contribution in [-0.4, -0.2) is 50.2 Å². The largest absolute Gasteiger partial charge is 0.317 e. The first kappa shape index (κ1) is 12.3. The third kappa shape index (κ3) is 4.04. The summed E-state index contributed by atoms with van der Waals surface area (Å²) in [7, 11) is 0. The van der Waals surface area contributed by atoms with E-state index in [-0.39, 0.29) is 0 Å². The van der Waals surface area contributed by atoms with Crippen molar-refractivity contribution in [3.63, 3.8) is 0 Å². The fraction of sp³-hybridized carbons (Fsp3) is 1.00. The van der Waals surface area contributed by atoms with Gasteiger partial charge in [-0.05, 0) is 57.8 Å². The molecule has 2 aliphatic rings. The van der Waals surface area contributed by atoms with E-state index in [4.69, 9.17) is 0 Å². The Morgan fingerprint density at radius 1 is 1.19 bits per heavy atom. The lowest BCUT2D eigenvalue weighted by molar-refractivity contribution is 0.270. The number of hydrogen-bond acceptors (Lipinski definition) is 3. The van der Waals surface area contributed by atoms with Crippen molar-refractivity contribution in [2.24, 2.45) is 5.92 Å². The zero-order valence-electron chi connectivity index (χ0n) is 10.7. The number of likely N-dealkylation sites (N-methyl/N-ethyl adjacent to an activating group) is 1. The predicted octanol–water partition coefficient (Wildman–Crippen LogP) is 1.06. The van der Waals surface area contributed by atoms with Crippen LogP contribution in [0, 0.1) is 5.92 Å². The molecule has 1 aliphatic heterocycles. The van der Waals surface area contributed by atoms with Crippen molar-refractivity contribution in [3.05, 3.63) is 0 Å². The Hall–Kier alpha value is -0.120. The fourth-order valence-corrected chi connectivity index (χ4v) is 2.65. The molecule has 0 aromatic rings. The average molecular weight is 225 g/mol. The smallest absolute Gasteiger partial charge is 0.0110 e. The highest BCUT2D eigenvalue weighted by Gasteiger charge is 2.27. The van der Waals surface area contributed by atoms with E-state index in [0.717, 1.165) is 12.0 Å². The molecule has 0 aromatic carbocycles. The molecule has 1 saturated carbocycles. The van der Waals surface area contributed by atoms with E-state index >= 15 is 0 Å². The summed E-state index contributed by atoms with van der Waals surface area (Å²) in [6, 6.07) is 0.922. The molecule has 1 aliphatic carbocycles. The molecule has 0 radical (unpaired) electrons. The van der Waals surface area contributed by atoms with Crippen molar-refractivity contribution < 1.29 is 0 Å². The van der Waals surface area contributed by atoms with E-state index in [1.807, 2.05) is 0 Å². The first-order valence-corrected chi connectivity index (χ1v) is 7.05. The highest BCUT2D eigenvalue weighted by Crippen LogP contribution is 2.25. The lowest BCUT2D eigenvalue weighted by Crippen LogP contribution is -2.37. The first-order chi connectivity index (χ1) is 7.90. The maximum Gasteiger partial charge on any atom is 0.0110 e. The maximum atomic E-state index is 3.63. The van der Waals surface area contributed by atoms with Gasteiger partial charge in [0.05, 0.1) is 0 Å². The second-order valence-electron chi connectivity index (χ2n) is 5.26. The Kier molecular flexibility index (Phi) is 5.07. The molecule has 0 unspecified atom stereocenters. The first-order valence-electron chi connectivity index (χ1n) is 7.05. The Balaban J connectivity index is 1.50. The molecule has 0 aromatic heterocycles. The topological polar surface area (TPSA) is 27.3 Å². The molecule has 0 bridgehead atoms. The molecule has 0 spiro atoms. The van der Waals surface area contributed by atoms with Gasteiger partial charge in [-0.1, -0.05) is 6.92 Å². The minimum Gasteiger partial charge on any atom is -0.317 e. The van der Waals surface area contributed by atoms with Crippen LogP contribution in [0.5, 0.6) is 0 Å². The van der Waals surface area contributed by atoms with Gasteiger partial charge in [0.15, 0.2) is 0 Å². The van der Waals surface area contributed by atoms with E-state index in [9.17, 15) is 0 Å². The van der Waals surface area contributed by atoms with Crippen molar-refractivity contribution in [1.29, 1.82) is 0 Å². The number of nitrogens with zero attached hydrogens (tertiary/aromatic N) is 1. The van der Waals surface area contributed by atoms with Crippen LogP contribution in [0.2, 0.25) is 0 Å². The molecule has 3 nitrogen and oxygen atoms in total. The molecule has 94 valence electrons. The van der Waals surface area contributed by atoms with Gasteiger partial charge >= 0.3 is 0 Å². The van der Waals surface area contributed by atoms with E-state index in [0.29, 0.717) is 0 Å². The lowest BCUT2D eigenvalue weighted by atomic mass is 9.98. The van der Waals surface area contributed by atoms with Gasteiger partial charge in [-0.15, -0.1) is 0 Å². The summed E-state index contributed by atoms with van der Waals surface area (Å²) < 4.78 is 0. The molecule has 2 N–H and O–H groups in total. The number of hydrogen-bond donors (Lipinski definition) is 2. The van der Waals surface area contributed by atoms with Gasteiger partial charge in [-0.3, -0.25) is 4.90 Å². The molecule has 1 saturated heterocycles. The highest BCUT2D eigenvalue weighted by molar-refractivity contribution is 4.84. The van der Waals surface area contributed by atoms with E-state index in [1.165, 1.54) is 65.0 Å². The maximum absolute atomic E-state index is 3.63. The number of nitrogens with one attached hydrogen (secondary N) is 2. The monoisotopic (exact) mass is 225 g/mol. The predicted molar refractivity (Wildman–Crippen MR) is 68.7 cm³/mol. The van der Waals surface area contributed by atoms with Gasteiger partial charge in [0, 0.05) is 19.1 Å². The summed E-state index contributed by atoms with van der Waals surface area (Å²) in [6.45, 7) is 9.58. The highest BCUT2D eigenvalue weighted by atomic mass is 15.2. The number of rotatable bonds is 7. The Labute approximate surface area is 100.0 Å². The van der Waals surface area contributed by atoms with E-state index in [2.05, 4.69) is 22.5 Å². The average Bonchev–Trinajstić information content (AvgIpc) is 3.15. The summed E-state index contributed by atoms with van der Waals surface area (Å²) in [5, 5.41) is 7.05. The molecule has 2 fully saturated rings. The molecule has 0 atom stereocenters. The van der Waals surface area contributed by atoms with Crippen molar-refractivity contribution >= 4 is 0 Å². The van der Waals surface area contributed by atoms with Crippen LogP contribution in [0.15, 0.2) is 0 Å². The lowest BCUT2D eigenvalue weighted by Gasteiger charge is -2.24. The third-order valence-electron chi connectivity index (χ3n) is 3.94. The Morgan fingerprint density at radius 2 is 1.94 bits per heavy atom. The van der Waals surface area contributed by atoms with Crippen LogP contribution in [0.3, 0.4) is 0 Å². The van der Waals surface area contributed by atoms with Crippen LogP contribution < -0.4 is 10.6 Å². The normalized spacial score (nSPS) is 22.9. The minimum absolute atomic E-state index is 0.914. The summed E-state index contributed by atoms with van der Waals surface area (Å²) >= 11 is 0. The van der Waals surface area contributed by atoms with Crippen LogP contribution in [0.4, 0.5) is 0 Å². The second-order valence-corrected chi connectivity index (χ2v) is 5.26.